The fourth-order valence-electron chi connectivity index (χ4n) is 8.46. The molecule has 0 rings (SSSR count). The summed E-state index contributed by atoms with van der Waals surface area (Å²) < 4.78 is 0. The van der Waals surface area contributed by atoms with Crippen molar-refractivity contribution >= 4 is 5.91 Å². The number of hydrogen-bond acceptors (Lipinski definition) is 5. The third-order valence-corrected chi connectivity index (χ3v) is 12.8. The van der Waals surface area contributed by atoms with E-state index in [1.807, 2.05) is 0 Å². The first kappa shape index (κ1) is 61.3. The van der Waals surface area contributed by atoms with Crippen LogP contribution in [0.3, 0.4) is 0 Å². The van der Waals surface area contributed by atoms with Gasteiger partial charge in [-0.1, -0.05) is 249 Å². The Labute approximate surface area is 391 Å². The summed E-state index contributed by atoms with van der Waals surface area (Å²) in [6.07, 6.45) is 64.7. The van der Waals surface area contributed by atoms with Gasteiger partial charge in [-0.25, -0.2) is 0 Å². The number of rotatable bonds is 50. The molecule has 0 aromatic rings. The van der Waals surface area contributed by atoms with Crippen LogP contribution in [-0.4, -0.2) is 57.3 Å². The van der Waals surface area contributed by atoms with Crippen molar-refractivity contribution in [2.75, 3.05) is 6.61 Å². The maximum absolute atomic E-state index is 12.6. The summed E-state index contributed by atoms with van der Waals surface area (Å²) in [6.45, 7) is 3.96. The van der Waals surface area contributed by atoms with Gasteiger partial charge < -0.3 is 25.7 Å². The van der Waals surface area contributed by atoms with Crippen molar-refractivity contribution < 1.29 is 25.2 Å². The molecule has 0 heterocycles. The van der Waals surface area contributed by atoms with Crippen LogP contribution in [0.1, 0.15) is 277 Å². The van der Waals surface area contributed by atoms with E-state index in [2.05, 4.69) is 67.8 Å². The fraction of sp³-hybridized carbons (Fsp3) is 0.842. The zero-order valence-corrected chi connectivity index (χ0v) is 41.8. The van der Waals surface area contributed by atoms with E-state index < -0.39 is 36.9 Å². The van der Waals surface area contributed by atoms with E-state index in [1.165, 1.54) is 193 Å². The first-order valence-corrected chi connectivity index (χ1v) is 27.5. The van der Waals surface area contributed by atoms with Crippen LogP contribution in [0.5, 0.6) is 0 Å². The number of aliphatic hydroxyl groups is 4. The largest absolute Gasteiger partial charge is 0.394 e. The van der Waals surface area contributed by atoms with E-state index in [1.54, 1.807) is 0 Å². The van der Waals surface area contributed by atoms with Crippen molar-refractivity contribution in [3.8, 4) is 0 Å². The summed E-state index contributed by atoms with van der Waals surface area (Å²) >= 11 is 0. The summed E-state index contributed by atoms with van der Waals surface area (Å²) in [4.78, 5) is 12.6. The number of carbonyl (C=O) groups excluding carboxylic acids is 1. The molecule has 0 spiro atoms. The summed E-state index contributed by atoms with van der Waals surface area (Å²) in [5.41, 5.74) is 0. The second-order valence-electron chi connectivity index (χ2n) is 18.9. The van der Waals surface area contributed by atoms with Crippen LogP contribution >= 0.6 is 0 Å². The third kappa shape index (κ3) is 45.2. The highest BCUT2D eigenvalue weighted by Crippen LogP contribution is 2.17. The molecule has 0 aliphatic carbocycles. The average molecular weight is 886 g/mol. The van der Waals surface area contributed by atoms with Gasteiger partial charge in [0.05, 0.1) is 18.8 Å². The van der Waals surface area contributed by atoms with Gasteiger partial charge in [0, 0.05) is 0 Å². The molecule has 0 bridgehead atoms. The van der Waals surface area contributed by atoms with E-state index >= 15 is 0 Å². The van der Waals surface area contributed by atoms with E-state index in [4.69, 9.17) is 0 Å². The lowest BCUT2D eigenvalue weighted by Gasteiger charge is -2.27. The normalized spacial score (nSPS) is 14.2. The molecule has 6 nitrogen and oxygen atoms in total. The van der Waals surface area contributed by atoms with Gasteiger partial charge >= 0.3 is 0 Å². The number of aliphatic hydroxyl groups excluding tert-OH is 4. The molecule has 0 saturated heterocycles. The van der Waals surface area contributed by atoms with Gasteiger partial charge in [-0.2, -0.15) is 0 Å². The highest BCUT2D eigenvalue weighted by atomic mass is 16.3. The molecule has 4 atom stereocenters. The summed E-state index contributed by atoms with van der Waals surface area (Å²) in [5.74, 6) is -0.597. The molecule has 0 aromatic carbocycles. The molecule has 4 unspecified atom stereocenters. The number of amides is 1. The Morgan fingerprint density at radius 2 is 0.762 bits per heavy atom. The SMILES string of the molecule is CC/C=C\C/C=C\CCCCCCCCCCCCCCCC(O)C(=O)NC(CO)C(O)C(O)CCC/C=C/CC/C=C/CCCCCCCCCCCCCCCCCCCC. The van der Waals surface area contributed by atoms with Crippen LogP contribution in [0.4, 0.5) is 0 Å². The van der Waals surface area contributed by atoms with E-state index in [0.29, 0.717) is 19.3 Å². The van der Waals surface area contributed by atoms with Gasteiger partial charge in [0.2, 0.25) is 5.91 Å². The zero-order chi connectivity index (χ0) is 45.9. The zero-order valence-electron chi connectivity index (χ0n) is 41.8. The Hall–Kier alpha value is -1.73. The average Bonchev–Trinajstić information content (AvgIpc) is 3.29. The van der Waals surface area contributed by atoms with Gasteiger partial charge in [0.1, 0.15) is 12.2 Å². The van der Waals surface area contributed by atoms with Gasteiger partial charge in [0.25, 0.3) is 0 Å². The molecule has 0 aromatic heterocycles. The number of allylic oxidation sites excluding steroid dienone is 8. The van der Waals surface area contributed by atoms with E-state index in [9.17, 15) is 25.2 Å². The quantitative estimate of drug-likeness (QED) is 0.0309. The van der Waals surface area contributed by atoms with Crippen LogP contribution in [0.15, 0.2) is 48.6 Å². The van der Waals surface area contributed by atoms with Gasteiger partial charge in [-0.3, -0.25) is 4.79 Å². The van der Waals surface area contributed by atoms with Crippen LogP contribution in [0.2, 0.25) is 0 Å². The minimum absolute atomic E-state index is 0.358. The Morgan fingerprint density at radius 3 is 1.17 bits per heavy atom. The lowest BCUT2D eigenvalue weighted by atomic mass is 10.00. The number of nitrogens with one attached hydrogen (secondary N) is 1. The molecule has 5 N–H and O–H groups in total. The molecule has 63 heavy (non-hydrogen) atoms. The molecule has 0 aliphatic rings. The van der Waals surface area contributed by atoms with Crippen LogP contribution < -0.4 is 5.32 Å². The van der Waals surface area contributed by atoms with Crippen molar-refractivity contribution in [3.05, 3.63) is 48.6 Å². The Kier molecular flexibility index (Phi) is 49.8. The molecule has 1 amide bonds. The smallest absolute Gasteiger partial charge is 0.249 e. The lowest BCUT2D eigenvalue weighted by molar-refractivity contribution is -0.132. The molecule has 0 aliphatic heterocycles. The van der Waals surface area contributed by atoms with Gasteiger partial charge in [-0.05, 0) is 77.0 Å². The van der Waals surface area contributed by atoms with Crippen molar-refractivity contribution in [3.63, 3.8) is 0 Å². The minimum atomic E-state index is -1.29. The van der Waals surface area contributed by atoms with Crippen molar-refractivity contribution in [2.45, 2.75) is 301 Å². The number of carbonyl (C=O) groups is 1. The molecule has 6 heteroatoms. The summed E-state index contributed by atoms with van der Waals surface area (Å²) in [6, 6.07) is -1.01. The van der Waals surface area contributed by atoms with E-state index in [-0.39, 0.29) is 0 Å². The monoisotopic (exact) mass is 886 g/mol. The highest BCUT2D eigenvalue weighted by Gasteiger charge is 2.28. The predicted octanol–water partition coefficient (Wildman–Crippen LogP) is 15.8. The molecule has 0 radical (unpaired) electrons. The standard InChI is InChI=1S/C57H107NO5/c1-3-5-7-9-11-13-15-17-19-21-23-25-26-27-28-29-30-31-33-34-36-38-40-42-44-46-48-50-54(60)56(62)53(52-59)58-57(63)55(61)51-49-47-45-43-41-39-37-35-32-24-22-20-18-16-14-12-10-8-6-4-2/h6,8,12,14,34,36,42,44,53-56,59-62H,3-5,7,9-11,13,15-33,35,37-41,43,45-52H2,1-2H3,(H,58,63)/b8-6-,14-12-,36-34+,44-42+. The fourth-order valence-corrected chi connectivity index (χ4v) is 8.46. The second kappa shape index (κ2) is 51.3. The molecule has 0 saturated carbocycles. The van der Waals surface area contributed by atoms with Crippen molar-refractivity contribution in [1.29, 1.82) is 0 Å². The molecule has 0 fully saturated rings. The summed E-state index contributed by atoms with van der Waals surface area (Å²) in [7, 11) is 0. The minimum Gasteiger partial charge on any atom is -0.394 e. The first-order valence-electron chi connectivity index (χ1n) is 27.5. The number of unbranched alkanes of at least 4 members (excludes halogenated alkanes) is 33. The van der Waals surface area contributed by atoms with Gasteiger partial charge in [-0.15, -0.1) is 0 Å². The van der Waals surface area contributed by atoms with E-state index in [0.717, 1.165) is 51.4 Å². The van der Waals surface area contributed by atoms with Gasteiger partial charge in [0.15, 0.2) is 0 Å². The third-order valence-electron chi connectivity index (χ3n) is 12.8. The maximum Gasteiger partial charge on any atom is 0.249 e. The van der Waals surface area contributed by atoms with Crippen LogP contribution in [-0.2, 0) is 4.79 Å². The Bertz CT molecular complexity index is 1040. The molecular formula is C57H107NO5. The predicted molar refractivity (Wildman–Crippen MR) is 274 cm³/mol. The highest BCUT2D eigenvalue weighted by molar-refractivity contribution is 5.80. The molecule has 370 valence electrons. The first-order chi connectivity index (χ1) is 31.0. The van der Waals surface area contributed by atoms with Crippen molar-refractivity contribution in [1.82, 2.24) is 5.32 Å². The van der Waals surface area contributed by atoms with Crippen LogP contribution in [0.25, 0.3) is 0 Å². The Morgan fingerprint density at radius 1 is 0.413 bits per heavy atom. The van der Waals surface area contributed by atoms with Crippen LogP contribution in [0, 0.1) is 0 Å². The molecular weight excluding hydrogens is 779 g/mol. The Balaban J connectivity index is 3.69. The topological polar surface area (TPSA) is 110 Å². The van der Waals surface area contributed by atoms with Crippen molar-refractivity contribution in [2.24, 2.45) is 0 Å². The second-order valence-corrected chi connectivity index (χ2v) is 18.9. The number of hydrogen-bond donors (Lipinski definition) is 5. The lowest BCUT2D eigenvalue weighted by Crippen LogP contribution is -2.53. The summed E-state index contributed by atoms with van der Waals surface area (Å²) in [5, 5.41) is 43.9. The maximum atomic E-state index is 12.6.